The highest BCUT2D eigenvalue weighted by Crippen LogP contribution is 2.36. The van der Waals surface area contributed by atoms with Crippen LogP contribution in [0.2, 0.25) is 0 Å². The molecular weight excluding hydrogens is 396 g/mol. The highest BCUT2D eigenvalue weighted by atomic mass is 32.2. The SMILES string of the molecule is CS(=O)(=O)c1ccc(-c2ccc(C[C@@H](C#N)CC(=O)[C@H]3N[C@@H]4CC[C@H]3C4)cc2)cc1. The Hall–Kier alpha value is -2.49. The van der Waals surface area contributed by atoms with Gasteiger partial charge < -0.3 is 5.32 Å². The maximum atomic E-state index is 12.7. The Morgan fingerprint density at radius 2 is 1.73 bits per heavy atom. The van der Waals surface area contributed by atoms with Gasteiger partial charge >= 0.3 is 0 Å². The average Bonchev–Trinajstić information content (AvgIpc) is 3.37. The molecule has 1 heterocycles. The van der Waals surface area contributed by atoms with Crippen molar-refractivity contribution in [3.05, 3.63) is 54.1 Å². The van der Waals surface area contributed by atoms with E-state index in [-0.39, 0.29) is 17.7 Å². The molecule has 0 aromatic heterocycles. The summed E-state index contributed by atoms with van der Waals surface area (Å²) in [4.78, 5) is 13.0. The van der Waals surface area contributed by atoms with Crippen molar-refractivity contribution >= 4 is 15.6 Å². The summed E-state index contributed by atoms with van der Waals surface area (Å²) in [7, 11) is -3.21. The van der Waals surface area contributed by atoms with Gasteiger partial charge in [0.25, 0.3) is 0 Å². The van der Waals surface area contributed by atoms with Crippen molar-refractivity contribution in [3.8, 4) is 17.2 Å². The minimum Gasteiger partial charge on any atom is -0.304 e. The molecule has 0 spiro atoms. The zero-order valence-corrected chi connectivity index (χ0v) is 17.9. The van der Waals surface area contributed by atoms with Crippen LogP contribution in [-0.4, -0.2) is 32.5 Å². The highest BCUT2D eigenvalue weighted by Gasteiger charge is 2.42. The lowest BCUT2D eigenvalue weighted by Crippen LogP contribution is -2.42. The molecular formula is C24H26N2O3S. The van der Waals surface area contributed by atoms with E-state index in [1.54, 1.807) is 24.3 Å². The van der Waals surface area contributed by atoms with Crippen LogP contribution in [0, 0.1) is 23.2 Å². The van der Waals surface area contributed by atoms with Gasteiger partial charge in [-0.2, -0.15) is 5.26 Å². The van der Waals surface area contributed by atoms with Gasteiger partial charge in [0.05, 0.1) is 22.9 Å². The number of nitrogens with zero attached hydrogens (tertiary/aromatic N) is 1. The highest BCUT2D eigenvalue weighted by molar-refractivity contribution is 7.90. The first-order valence-corrected chi connectivity index (χ1v) is 12.3. The first-order valence-electron chi connectivity index (χ1n) is 10.4. The zero-order valence-electron chi connectivity index (χ0n) is 17.0. The van der Waals surface area contributed by atoms with Crippen molar-refractivity contribution in [2.75, 3.05) is 6.26 Å². The topological polar surface area (TPSA) is 87.0 Å². The summed E-state index contributed by atoms with van der Waals surface area (Å²) in [5.74, 6) is 0.310. The number of nitriles is 1. The second-order valence-electron chi connectivity index (χ2n) is 8.61. The van der Waals surface area contributed by atoms with Crippen LogP contribution in [0.3, 0.4) is 0 Å². The number of nitrogens with one attached hydrogen (secondary N) is 1. The number of hydrogen-bond acceptors (Lipinski definition) is 5. The van der Waals surface area contributed by atoms with E-state index in [1.165, 1.54) is 12.7 Å². The first-order chi connectivity index (χ1) is 14.3. The van der Waals surface area contributed by atoms with Crippen LogP contribution in [0.1, 0.15) is 31.2 Å². The Labute approximate surface area is 178 Å². The third-order valence-corrected chi connectivity index (χ3v) is 7.52. The molecule has 30 heavy (non-hydrogen) atoms. The largest absolute Gasteiger partial charge is 0.304 e. The molecule has 2 bridgehead atoms. The van der Waals surface area contributed by atoms with Gasteiger partial charge in [0.2, 0.25) is 0 Å². The van der Waals surface area contributed by atoms with Crippen molar-refractivity contribution in [1.29, 1.82) is 5.26 Å². The van der Waals surface area contributed by atoms with Crippen LogP contribution in [0.25, 0.3) is 11.1 Å². The number of hydrogen-bond donors (Lipinski definition) is 1. The minimum atomic E-state index is -3.21. The summed E-state index contributed by atoms with van der Waals surface area (Å²) >= 11 is 0. The van der Waals surface area contributed by atoms with Crippen LogP contribution in [0.15, 0.2) is 53.4 Å². The van der Waals surface area contributed by atoms with Gasteiger partial charge in [0, 0.05) is 18.7 Å². The molecule has 0 unspecified atom stereocenters. The fourth-order valence-electron chi connectivity index (χ4n) is 4.76. The molecule has 1 aliphatic carbocycles. The summed E-state index contributed by atoms with van der Waals surface area (Å²) in [6.07, 6.45) is 5.43. The van der Waals surface area contributed by atoms with Gasteiger partial charge in [-0.3, -0.25) is 4.79 Å². The third-order valence-electron chi connectivity index (χ3n) is 6.39. The Kier molecular flexibility index (Phi) is 5.77. The van der Waals surface area contributed by atoms with E-state index in [0.29, 0.717) is 29.7 Å². The zero-order chi connectivity index (χ0) is 21.3. The van der Waals surface area contributed by atoms with Gasteiger partial charge in [-0.1, -0.05) is 36.4 Å². The molecule has 2 aromatic rings. The van der Waals surface area contributed by atoms with E-state index in [2.05, 4.69) is 11.4 Å². The third kappa shape index (κ3) is 4.48. The first kappa shape index (κ1) is 20.8. The normalized spacial score (nSPS) is 23.8. The molecule has 1 aliphatic heterocycles. The quantitative estimate of drug-likeness (QED) is 0.737. The van der Waals surface area contributed by atoms with Crippen LogP contribution in [0.5, 0.6) is 0 Å². The summed E-state index contributed by atoms with van der Waals surface area (Å²) in [6, 6.07) is 17.4. The van der Waals surface area contributed by atoms with Crippen LogP contribution < -0.4 is 5.32 Å². The smallest absolute Gasteiger partial charge is 0.175 e. The molecule has 0 amide bonds. The van der Waals surface area contributed by atoms with Crippen molar-refractivity contribution < 1.29 is 13.2 Å². The predicted octanol–water partition coefficient (Wildman–Crippen LogP) is 3.54. The van der Waals surface area contributed by atoms with Crippen molar-refractivity contribution in [3.63, 3.8) is 0 Å². The number of Topliss-reactive ketones (excluding diaryl/α,β-unsaturated/α-hetero) is 1. The molecule has 4 atom stereocenters. The molecule has 2 fully saturated rings. The Morgan fingerprint density at radius 3 is 2.23 bits per heavy atom. The Morgan fingerprint density at radius 1 is 1.10 bits per heavy atom. The van der Waals surface area contributed by atoms with Crippen molar-refractivity contribution in [1.82, 2.24) is 5.32 Å². The number of rotatable bonds is 7. The van der Waals surface area contributed by atoms with Crippen LogP contribution in [0.4, 0.5) is 0 Å². The molecule has 2 aliphatic rings. The Bertz CT molecular complexity index is 1070. The summed E-state index contributed by atoms with van der Waals surface area (Å²) in [5.41, 5.74) is 2.93. The number of carbonyl (C=O) groups excluding carboxylic acids is 1. The summed E-state index contributed by atoms with van der Waals surface area (Å²) in [5, 5.41) is 13.0. The Balaban J connectivity index is 1.38. The fourth-order valence-corrected chi connectivity index (χ4v) is 5.39. The average molecular weight is 423 g/mol. The van der Waals surface area contributed by atoms with E-state index in [9.17, 15) is 18.5 Å². The van der Waals surface area contributed by atoms with E-state index >= 15 is 0 Å². The lowest BCUT2D eigenvalue weighted by molar-refractivity contribution is -0.122. The van der Waals surface area contributed by atoms with Crippen LogP contribution >= 0.6 is 0 Å². The number of ketones is 1. The molecule has 6 heteroatoms. The van der Waals surface area contributed by atoms with Gasteiger partial charge in [0.15, 0.2) is 15.6 Å². The van der Waals surface area contributed by atoms with E-state index < -0.39 is 9.84 Å². The number of piperidine rings is 1. The van der Waals surface area contributed by atoms with E-state index in [1.807, 2.05) is 24.3 Å². The molecule has 1 saturated heterocycles. The van der Waals surface area contributed by atoms with Crippen molar-refractivity contribution in [2.24, 2.45) is 11.8 Å². The monoisotopic (exact) mass is 422 g/mol. The fraction of sp³-hybridized carbons (Fsp3) is 0.417. The lowest BCUT2D eigenvalue weighted by atomic mass is 9.88. The molecule has 1 N–H and O–H groups in total. The maximum Gasteiger partial charge on any atom is 0.175 e. The second-order valence-corrected chi connectivity index (χ2v) is 10.6. The number of benzene rings is 2. The van der Waals surface area contributed by atoms with Gasteiger partial charge in [0.1, 0.15) is 0 Å². The van der Waals surface area contributed by atoms with E-state index in [4.69, 9.17) is 0 Å². The van der Waals surface area contributed by atoms with E-state index in [0.717, 1.165) is 29.5 Å². The van der Waals surface area contributed by atoms with Gasteiger partial charge in [-0.05, 0) is 60.4 Å². The summed E-state index contributed by atoms with van der Waals surface area (Å²) in [6.45, 7) is 0. The molecule has 156 valence electrons. The van der Waals surface area contributed by atoms with Crippen LogP contribution in [-0.2, 0) is 21.1 Å². The molecule has 5 nitrogen and oxygen atoms in total. The van der Waals surface area contributed by atoms with Crippen molar-refractivity contribution in [2.45, 2.75) is 49.1 Å². The van der Waals surface area contributed by atoms with Gasteiger partial charge in [-0.15, -0.1) is 0 Å². The standard InChI is InChI=1S/C24H26N2O3S/c1-30(28,29)22-10-7-19(8-11-22)18-4-2-16(3-5-18)12-17(15-25)13-23(27)24-20-6-9-21(14-20)26-24/h2-5,7-8,10-11,17,20-21,24,26H,6,9,12-14H2,1H3/t17-,20+,21-,24+/m1/s1. The maximum absolute atomic E-state index is 12.7. The molecule has 4 rings (SSSR count). The minimum absolute atomic E-state index is 0.0584. The number of sulfone groups is 1. The number of fused-ring (bicyclic) bond motifs is 2. The molecule has 0 radical (unpaired) electrons. The molecule has 2 aromatic carbocycles. The van der Waals surface area contributed by atoms with Gasteiger partial charge in [-0.25, -0.2) is 8.42 Å². The number of carbonyl (C=O) groups is 1. The lowest BCUT2D eigenvalue weighted by Gasteiger charge is -2.22. The summed E-state index contributed by atoms with van der Waals surface area (Å²) < 4.78 is 23.2. The second kappa shape index (κ2) is 8.33. The molecule has 1 saturated carbocycles. The predicted molar refractivity (Wildman–Crippen MR) is 115 cm³/mol.